The molecule has 0 aliphatic heterocycles. The molecule has 0 saturated heterocycles. The highest BCUT2D eigenvalue weighted by atomic mass is 16.5. The molecule has 8 nitrogen and oxygen atoms in total. The second-order valence-corrected chi connectivity index (χ2v) is 6.04. The van der Waals surface area contributed by atoms with Crippen molar-refractivity contribution in [1.82, 2.24) is 0 Å². The zero-order valence-corrected chi connectivity index (χ0v) is 16.4. The van der Waals surface area contributed by atoms with Gasteiger partial charge in [-0.1, -0.05) is 0 Å². The minimum atomic E-state index is -0.247. The first-order valence-electron chi connectivity index (χ1n) is 8.95. The number of hydrogen-bond donors (Lipinski definition) is 2. The van der Waals surface area contributed by atoms with Gasteiger partial charge >= 0.3 is 0 Å². The van der Waals surface area contributed by atoms with E-state index in [-0.39, 0.29) is 24.8 Å². The van der Waals surface area contributed by atoms with Crippen LogP contribution in [0.5, 0.6) is 11.5 Å². The number of carbonyl (C=O) groups excluding carboxylic acids is 2. The highest BCUT2D eigenvalue weighted by molar-refractivity contribution is 5.93. The van der Waals surface area contributed by atoms with E-state index in [2.05, 4.69) is 10.6 Å². The summed E-state index contributed by atoms with van der Waals surface area (Å²) in [5, 5.41) is 14.4. The van der Waals surface area contributed by atoms with Crippen LogP contribution in [0.4, 0.5) is 11.4 Å². The van der Waals surface area contributed by atoms with Crippen LogP contribution in [0.15, 0.2) is 42.5 Å². The quantitative estimate of drug-likeness (QED) is 0.597. The lowest BCUT2D eigenvalue weighted by molar-refractivity contribution is -0.119. The molecule has 2 amide bonds. The summed E-state index contributed by atoms with van der Waals surface area (Å²) in [5.41, 5.74) is 1.74. The van der Waals surface area contributed by atoms with Gasteiger partial charge in [0.15, 0.2) is 11.5 Å². The predicted octanol–water partition coefficient (Wildman–Crippen LogP) is 2.95. The van der Waals surface area contributed by atoms with Gasteiger partial charge in [-0.3, -0.25) is 9.59 Å². The van der Waals surface area contributed by atoms with Crippen molar-refractivity contribution in [2.75, 3.05) is 38.1 Å². The van der Waals surface area contributed by atoms with Gasteiger partial charge in [0, 0.05) is 31.0 Å². The molecule has 0 aliphatic rings. The molecular formula is C21H23N3O5. The van der Waals surface area contributed by atoms with E-state index in [4.69, 9.17) is 19.5 Å². The number of rotatable bonds is 10. The maximum Gasteiger partial charge on any atom is 0.250 e. The van der Waals surface area contributed by atoms with E-state index in [0.29, 0.717) is 41.5 Å². The Labute approximate surface area is 169 Å². The molecule has 8 heteroatoms. The van der Waals surface area contributed by atoms with Gasteiger partial charge in [0.25, 0.3) is 0 Å². The average molecular weight is 397 g/mol. The molecule has 0 bridgehead atoms. The fraction of sp³-hybridized carbons (Fsp3) is 0.286. The van der Waals surface area contributed by atoms with Gasteiger partial charge in [-0.2, -0.15) is 5.26 Å². The average Bonchev–Trinajstić information content (AvgIpc) is 2.72. The van der Waals surface area contributed by atoms with Crippen LogP contribution in [0.3, 0.4) is 0 Å². The molecular weight excluding hydrogens is 374 g/mol. The van der Waals surface area contributed by atoms with Gasteiger partial charge in [-0.15, -0.1) is 0 Å². The Balaban J connectivity index is 1.75. The van der Waals surface area contributed by atoms with E-state index >= 15 is 0 Å². The topological polar surface area (TPSA) is 110 Å². The van der Waals surface area contributed by atoms with Crippen LogP contribution in [-0.2, 0) is 14.3 Å². The van der Waals surface area contributed by atoms with Crippen LogP contribution < -0.4 is 20.1 Å². The van der Waals surface area contributed by atoms with Crippen molar-refractivity contribution in [3.8, 4) is 17.6 Å². The number of benzene rings is 2. The normalized spacial score (nSPS) is 9.97. The van der Waals surface area contributed by atoms with E-state index in [0.717, 1.165) is 0 Å². The summed E-state index contributed by atoms with van der Waals surface area (Å²) < 4.78 is 15.6. The van der Waals surface area contributed by atoms with E-state index in [9.17, 15) is 9.59 Å². The smallest absolute Gasteiger partial charge is 0.250 e. The molecule has 0 fully saturated rings. The summed E-state index contributed by atoms with van der Waals surface area (Å²) in [5.74, 6) is 0.615. The molecule has 0 saturated carbocycles. The largest absolute Gasteiger partial charge is 0.493 e. The highest BCUT2D eigenvalue weighted by Gasteiger charge is 2.07. The van der Waals surface area contributed by atoms with Crippen LogP contribution >= 0.6 is 0 Å². The third-order valence-corrected chi connectivity index (χ3v) is 3.83. The molecule has 0 radical (unpaired) electrons. The van der Waals surface area contributed by atoms with Crippen molar-refractivity contribution in [3.63, 3.8) is 0 Å². The Morgan fingerprint density at radius 2 is 1.62 bits per heavy atom. The van der Waals surface area contributed by atoms with Crippen molar-refractivity contribution < 1.29 is 23.8 Å². The van der Waals surface area contributed by atoms with Gasteiger partial charge in [-0.05, 0) is 42.8 Å². The monoisotopic (exact) mass is 397 g/mol. The lowest BCUT2D eigenvalue weighted by atomic mass is 10.2. The first-order chi connectivity index (χ1) is 14.0. The number of hydrogen-bond acceptors (Lipinski definition) is 6. The third kappa shape index (κ3) is 7.16. The summed E-state index contributed by atoms with van der Waals surface area (Å²) in [7, 11) is 2.95. The summed E-state index contributed by atoms with van der Waals surface area (Å²) in [6.45, 7) is 0.315. The number of ether oxygens (including phenoxy) is 3. The SMILES string of the molecule is COCC(=O)Nc1ccc(NC(=O)CCCOc2ccc(C#N)cc2OC)cc1. The standard InChI is InChI=1S/C21H23N3O5/c1-27-14-21(26)24-17-8-6-16(7-9-17)23-20(25)4-3-11-29-18-10-5-15(13-22)12-19(18)28-2/h5-10,12H,3-4,11,14H2,1-2H3,(H,23,25)(H,24,26). The molecule has 2 aromatic carbocycles. The van der Waals surface area contributed by atoms with Gasteiger partial charge < -0.3 is 24.8 Å². The maximum atomic E-state index is 12.1. The predicted molar refractivity (Wildman–Crippen MR) is 108 cm³/mol. The van der Waals surface area contributed by atoms with Gasteiger partial charge in [0.05, 0.1) is 25.3 Å². The molecule has 0 aliphatic carbocycles. The van der Waals surface area contributed by atoms with E-state index in [1.807, 2.05) is 6.07 Å². The molecule has 29 heavy (non-hydrogen) atoms. The van der Waals surface area contributed by atoms with Crippen LogP contribution in [-0.4, -0.2) is 39.2 Å². The number of anilines is 2. The van der Waals surface area contributed by atoms with E-state index in [1.165, 1.54) is 14.2 Å². The second kappa shape index (κ2) is 11.3. The van der Waals surface area contributed by atoms with Crippen LogP contribution in [0.2, 0.25) is 0 Å². The molecule has 2 rings (SSSR count). The van der Waals surface area contributed by atoms with Gasteiger partial charge in [-0.25, -0.2) is 0 Å². The minimum Gasteiger partial charge on any atom is -0.493 e. The van der Waals surface area contributed by atoms with Crippen molar-refractivity contribution in [1.29, 1.82) is 5.26 Å². The van der Waals surface area contributed by atoms with E-state index < -0.39 is 0 Å². The Morgan fingerprint density at radius 1 is 0.966 bits per heavy atom. The van der Waals surface area contributed by atoms with Crippen LogP contribution in [0.25, 0.3) is 0 Å². The van der Waals surface area contributed by atoms with Crippen molar-refractivity contribution in [2.45, 2.75) is 12.8 Å². The highest BCUT2D eigenvalue weighted by Crippen LogP contribution is 2.28. The zero-order valence-electron chi connectivity index (χ0n) is 16.4. The number of carbonyl (C=O) groups is 2. The summed E-state index contributed by atoms with van der Waals surface area (Å²) in [6.07, 6.45) is 0.797. The summed E-state index contributed by atoms with van der Waals surface area (Å²) in [4.78, 5) is 23.5. The molecule has 0 spiro atoms. The summed E-state index contributed by atoms with van der Waals surface area (Å²) >= 11 is 0. The first-order valence-corrected chi connectivity index (χ1v) is 8.95. The molecule has 0 aromatic heterocycles. The molecule has 0 unspecified atom stereocenters. The van der Waals surface area contributed by atoms with Crippen molar-refractivity contribution in [2.24, 2.45) is 0 Å². The fourth-order valence-corrected chi connectivity index (χ4v) is 2.46. The molecule has 2 aromatic rings. The number of nitrogens with zero attached hydrogens (tertiary/aromatic N) is 1. The Kier molecular flexibility index (Phi) is 8.48. The van der Waals surface area contributed by atoms with Crippen LogP contribution in [0, 0.1) is 11.3 Å². The molecule has 2 N–H and O–H groups in total. The second-order valence-electron chi connectivity index (χ2n) is 6.04. The van der Waals surface area contributed by atoms with Crippen molar-refractivity contribution >= 4 is 23.2 Å². The number of amides is 2. The van der Waals surface area contributed by atoms with E-state index in [1.54, 1.807) is 42.5 Å². The minimum absolute atomic E-state index is 0.0189. The Hall–Kier alpha value is -3.57. The lowest BCUT2D eigenvalue weighted by Gasteiger charge is -2.11. The number of methoxy groups -OCH3 is 2. The molecule has 0 atom stereocenters. The number of nitrogens with one attached hydrogen (secondary N) is 2. The van der Waals surface area contributed by atoms with Crippen molar-refractivity contribution in [3.05, 3.63) is 48.0 Å². The Morgan fingerprint density at radius 3 is 2.21 bits per heavy atom. The van der Waals surface area contributed by atoms with Gasteiger partial charge in [0.2, 0.25) is 11.8 Å². The lowest BCUT2D eigenvalue weighted by Crippen LogP contribution is -2.17. The fourth-order valence-electron chi connectivity index (χ4n) is 2.46. The Bertz CT molecular complexity index is 875. The maximum absolute atomic E-state index is 12.1. The molecule has 0 heterocycles. The number of nitriles is 1. The summed E-state index contributed by atoms with van der Waals surface area (Å²) in [6, 6.07) is 13.8. The van der Waals surface area contributed by atoms with Crippen LogP contribution in [0.1, 0.15) is 18.4 Å². The van der Waals surface area contributed by atoms with Gasteiger partial charge in [0.1, 0.15) is 6.61 Å². The molecule has 152 valence electrons. The zero-order chi connectivity index (χ0) is 21.1. The first kappa shape index (κ1) is 21.7. The third-order valence-electron chi connectivity index (χ3n) is 3.83.